The molecule has 0 aliphatic carbocycles. The standard InChI is InChI=1S/C11H17F5O4/c1-5-9(3,4)8(17)20-7(2)18-6-19-11(15,16)10(12,13)14/h7H,5-6H2,1-4H3. The van der Waals surface area contributed by atoms with Crippen LogP contribution in [0.2, 0.25) is 0 Å². The van der Waals surface area contributed by atoms with Crippen LogP contribution in [0, 0.1) is 5.41 Å². The molecule has 4 nitrogen and oxygen atoms in total. The first-order valence-electron chi connectivity index (χ1n) is 5.74. The van der Waals surface area contributed by atoms with Gasteiger partial charge in [-0.2, -0.15) is 22.0 Å². The van der Waals surface area contributed by atoms with Gasteiger partial charge in [0.2, 0.25) is 6.29 Å². The molecule has 0 heterocycles. The zero-order valence-electron chi connectivity index (χ0n) is 11.5. The van der Waals surface area contributed by atoms with Gasteiger partial charge in [0.05, 0.1) is 5.41 Å². The Morgan fingerprint density at radius 3 is 2.05 bits per heavy atom. The molecule has 0 aliphatic rings. The molecule has 0 aliphatic heterocycles. The molecule has 1 atom stereocenters. The van der Waals surface area contributed by atoms with E-state index >= 15 is 0 Å². The SMILES string of the molecule is CCC(C)(C)C(=O)OC(C)OCOC(F)(F)C(F)(F)F. The second-order valence-electron chi connectivity index (χ2n) is 4.65. The van der Waals surface area contributed by atoms with E-state index in [4.69, 9.17) is 4.74 Å². The maximum absolute atomic E-state index is 12.4. The minimum Gasteiger partial charge on any atom is -0.436 e. The highest BCUT2D eigenvalue weighted by Gasteiger charge is 2.59. The van der Waals surface area contributed by atoms with E-state index in [1.807, 2.05) is 0 Å². The van der Waals surface area contributed by atoms with Crippen molar-refractivity contribution in [1.29, 1.82) is 0 Å². The van der Waals surface area contributed by atoms with Crippen LogP contribution in [0.1, 0.15) is 34.1 Å². The summed E-state index contributed by atoms with van der Waals surface area (Å²) in [6.07, 6.45) is -12.0. The van der Waals surface area contributed by atoms with Gasteiger partial charge in [-0.1, -0.05) is 6.92 Å². The van der Waals surface area contributed by atoms with Gasteiger partial charge in [0, 0.05) is 0 Å². The summed E-state index contributed by atoms with van der Waals surface area (Å²) in [7, 11) is 0. The number of carbonyl (C=O) groups excluding carboxylic acids is 1. The monoisotopic (exact) mass is 308 g/mol. The van der Waals surface area contributed by atoms with Crippen LogP contribution >= 0.6 is 0 Å². The van der Waals surface area contributed by atoms with Crippen LogP contribution in [0.5, 0.6) is 0 Å². The van der Waals surface area contributed by atoms with E-state index < -0.39 is 36.8 Å². The summed E-state index contributed by atoms with van der Waals surface area (Å²) in [5.74, 6) is -0.657. The fraction of sp³-hybridized carbons (Fsp3) is 0.909. The van der Waals surface area contributed by atoms with E-state index in [1.165, 1.54) is 6.92 Å². The number of rotatable bonds is 7. The summed E-state index contributed by atoms with van der Waals surface area (Å²) in [6, 6.07) is 0. The molecule has 0 radical (unpaired) electrons. The van der Waals surface area contributed by atoms with Crippen LogP contribution in [0.4, 0.5) is 22.0 Å². The lowest BCUT2D eigenvalue weighted by atomic mass is 9.91. The Labute approximate surface area is 113 Å². The molecule has 1 unspecified atom stereocenters. The summed E-state index contributed by atoms with van der Waals surface area (Å²) in [6.45, 7) is 4.73. The Morgan fingerprint density at radius 1 is 1.15 bits per heavy atom. The predicted octanol–water partition coefficient (Wildman–Crippen LogP) is 3.46. The fourth-order valence-electron chi connectivity index (χ4n) is 0.774. The normalized spacial score (nSPS) is 15.1. The number of hydrogen-bond donors (Lipinski definition) is 0. The quantitative estimate of drug-likeness (QED) is 0.410. The highest BCUT2D eigenvalue weighted by molar-refractivity contribution is 5.75. The van der Waals surface area contributed by atoms with Crippen molar-refractivity contribution in [2.24, 2.45) is 5.41 Å². The van der Waals surface area contributed by atoms with Gasteiger partial charge in [-0.05, 0) is 27.2 Å². The minimum atomic E-state index is -5.83. The Hall–Kier alpha value is -0.960. The molecule has 0 amide bonds. The maximum atomic E-state index is 12.4. The highest BCUT2D eigenvalue weighted by Crippen LogP contribution is 2.36. The molecule has 0 saturated heterocycles. The first-order valence-corrected chi connectivity index (χ1v) is 5.74. The first-order chi connectivity index (χ1) is 8.83. The minimum absolute atomic E-state index is 0.460. The fourth-order valence-corrected chi connectivity index (χ4v) is 0.774. The molecular weight excluding hydrogens is 291 g/mol. The molecule has 0 saturated carbocycles. The third-order valence-corrected chi connectivity index (χ3v) is 2.58. The number of hydrogen-bond acceptors (Lipinski definition) is 4. The largest absolute Gasteiger partial charge is 0.483 e. The van der Waals surface area contributed by atoms with E-state index in [1.54, 1.807) is 20.8 Å². The van der Waals surface area contributed by atoms with Crippen LogP contribution in [-0.4, -0.2) is 31.3 Å². The number of halogens is 5. The summed E-state index contributed by atoms with van der Waals surface area (Å²) in [5.41, 5.74) is -0.811. The molecule has 9 heteroatoms. The Morgan fingerprint density at radius 2 is 1.65 bits per heavy atom. The van der Waals surface area contributed by atoms with Gasteiger partial charge >= 0.3 is 18.3 Å². The van der Waals surface area contributed by atoms with Crippen molar-refractivity contribution < 1.29 is 41.0 Å². The molecule has 20 heavy (non-hydrogen) atoms. The summed E-state index contributed by atoms with van der Waals surface area (Å²) in [4.78, 5) is 11.6. The van der Waals surface area contributed by atoms with Crippen molar-refractivity contribution in [3.05, 3.63) is 0 Å². The van der Waals surface area contributed by atoms with Crippen molar-refractivity contribution >= 4 is 5.97 Å². The van der Waals surface area contributed by atoms with Crippen molar-refractivity contribution in [3.8, 4) is 0 Å². The van der Waals surface area contributed by atoms with Crippen molar-refractivity contribution in [1.82, 2.24) is 0 Å². The molecule has 0 rings (SSSR count). The van der Waals surface area contributed by atoms with Gasteiger partial charge in [-0.25, -0.2) is 0 Å². The van der Waals surface area contributed by atoms with E-state index in [-0.39, 0.29) is 0 Å². The van der Waals surface area contributed by atoms with Crippen molar-refractivity contribution in [2.75, 3.05) is 6.79 Å². The lowest BCUT2D eigenvalue weighted by Gasteiger charge is -2.24. The van der Waals surface area contributed by atoms with E-state index in [0.717, 1.165) is 0 Å². The van der Waals surface area contributed by atoms with E-state index in [2.05, 4.69) is 9.47 Å². The smallest absolute Gasteiger partial charge is 0.436 e. The van der Waals surface area contributed by atoms with E-state index in [0.29, 0.717) is 6.42 Å². The lowest BCUT2D eigenvalue weighted by molar-refractivity contribution is -0.410. The van der Waals surface area contributed by atoms with Crippen LogP contribution in [-0.2, 0) is 19.0 Å². The Balaban J connectivity index is 4.20. The van der Waals surface area contributed by atoms with Gasteiger partial charge in [-0.3, -0.25) is 9.53 Å². The second kappa shape index (κ2) is 6.66. The number of alkyl halides is 5. The predicted molar refractivity (Wildman–Crippen MR) is 57.7 cm³/mol. The maximum Gasteiger partial charge on any atom is 0.483 e. The summed E-state index contributed by atoms with van der Waals surface area (Å²) < 4.78 is 72.4. The van der Waals surface area contributed by atoms with Gasteiger partial charge in [0.1, 0.15) is 0 Å². The Bertz CT molecular complexity index is 327. The van der Waals surface area contributed by atoms with E-state index in [9.17, 15) is 26.7 Å². The van der Waals surface area contributed by atoms with Crippen molar-refractivity contribution in [3.63, 3.8) is 0 Å². The van der Waals surface area contributed by atoms with Crippen LogP contribution in [0.3, 0.4) is 0 Å². The van der Waals surface area contributed by atoms with Gasteiger partial charge in [0.25, 0.3) is 0 Å². The van der Waals surface area contributed by atoms with Gasteiger partial charge in [0.15, 0.2) is 6.79 Å². The lowest BCUT2D eigenvalue weighted by Crippen LogP contribution is -2.40. The molecule has 0 aromatic heterocycles. The average Bonchev–Trinajstić information content (AvgIpc) is 2.26. The molecule has 0 fully saturated rings. The third-order valence-electron chi connectivity index (χ3n) is 2.58. The zero-order valence-corrected chi connectivity index (χ0v) is 11.5. The molecule has 0 bridgehead atoms. The topological polar surface area (TPSA) is 44.8 Å². The Kier molecular flexibility index (Phi) is 6.34. The van der Waals surface area contributed by atoms with Crippen LogP contribution in [0.25, 0.3) is 0 Å². The second-order valence-corrected chi connectivity index (χ2v) is 4.65. The van der Waals surface area contributed by atoms with Crippen molar-refractivity contribution in [2.45, 2.75) is 52.7 Å². The summed E-state index contributed by atoms with van der Waals surface area (Å²) in [5, 5.41) is 0. The highest BCUT2D eigenvalue weighted by atomic mass is 19.4. The third kappa shape index (κ3) is 5.58. The summed E-state index contributed by atoms with van der Waals surface area (Å²) >= 11 is 0. The zero-order chi connectivity index (χ0) is 16.2. The molecule has 0 aromatic rings. The van der Waals surface area contributed by atoms with Crippen LogP contribution < -0.4 is 0 Å². The molecular formula is C11H17F5O4. The molecule has 120 valence electrons. The van der Waals surface area contributed by atoms with Crippen LogP contribution in [0.15, 0.2) is 0 Å². The average molecular weight is 308 g/mol. The molecule has 0 aromatic carbocycles. The molecule has 0 spiro atoms. The van der Waals surface area contributed by atoms with Gasteiger partial charge < -0.3 is 9.47 Å². The number of ether oxygens (including phenoxy) is 3. The number of esters is 1. The molecule has 0 N–H and O–H groups in total. The van der Waals surface area contributed by atoms with Gasteiger partial charge in [-0.15, -0.1) is 0 Å². The number of carbonyl (C=O) groups is 1. The first kappa shape index (κ1) is 19.0.